The molecule has 1 aromatic carbocycles. The lowest BCUT2D eigenvalue weighted by Crippen LogP contribution is -2.07. The molecule has 6 nitrogen and oxygen atoms in total. The van der Waals surface area contributed by atoms with Crippen LogP contribution in [0.4, 0.5) is 9.52 Å². The SMILES string of the molecule is CCOC(=O)Cc1csc(NN=Cc2cc(Br)c(O)cc2F)n1. The molecular weight excluding hydrogens is 389 g/mol. The average molecular weight is 402 g/mol. The zero-order valence-electron chi connectivity index (χ0n) is 12.0. The highest BCUT2D eigenvalue weighted by Crippen LogP contribution is 2.26. The number of carbonyl (C=O) groups is 1. The van der Waals surface area contributed by atoms with Gasteiger partial charge in [0.1, 0.15) is 11.6 Å². The fourth-order valence-corrected chi connectivity index (χ4v) is 2.63. The maximum Gasteiger partial charge on any atom is 0.311 e. The molecule has 2 aromatic rings. The van der Waals surface area contributed by atoms with Gasteiger partial charge in [-0.1, -0.05) is 0 Å². The van der Waals surface area contributed by atoms with Crippen molar-refractivity contribution in [2.75, 3.05) is 12.0 Å². The Morgan fingerprint density at radius 1 is 1.61 bits per heavy atom. The fraction of sp³-hybridized carbons (Fsp3) is 0.214. The van der Waals surface area contributed by atoms with Crippen molar-refractivity contribution in [2.45, 2.75) is 13.3 Å². The Bertz CT molecular complexity index is 736. The number of esters is 1. The number of thiazole rings is 1. The van der Waals surface area contributed by atoms with Gasteiger partial charge in [-0.05, 0) is 28.9 Å². The van der Waals surface area contributed by atoms with Crippen LogP contribution >= 0.6 is 27.3 Å². The van der Waals surface area contributed by atoms with Gasteiger partial charge < -0.3 is 9.84 Å². The van der Waals surface area contributed by atoms with E-state index in [1.54, 1.807) is 12.3 Å². The van der Waals surface area contributed by atoms with Crippen LogP contribution < -0.4 is 5.43 Å². The van der Waals surface area contributed by atoms with Gasteiger partial charge in [-0.25, -0.2) is 9.37 Å². The van der Waals surface area contributed by atoms with Gasteiger partial charge in [-0.3, -0.25) is 10.2 Å². The lowest BCUT2D eigenvalue weighted by Gasteiger charge is -2.01. The number of ether oxygens (including phenoxy) is 1. The first-order valence-electron chi connectivity index (χ1n) is 6.56. The molecule has 122 valence electrons. The van der Waals surface area contributed by atoms with Crippen LogP contribution in [0.3, 0.4) is 0 Å². The number of rotatable bonds is 6. The molecule has 2 N–H and O–H groups in total. The quantitative estimate of drug-likeness (QED) is 0.440. The third-order valence-corrected chi connectivity index (χ3v) is 4.04. The molecule has 0 saturated heterocycles. The number of hydrogen-bond acceptors (Lipinski definition) is 7. The number of halogens is 2. The summed E-state index contributed by atoms with van der Waals surface area (Å²) in [4.78, 5) is 15.5. The van der Waals surface area contributed by atoms with Crippen molar-refractivity contribution in [3.8, 4) is 5.75 Å². The highest BCUT2D eigenvalue weighted by Gasteiger charge is 2.08. The van der Waals surface area contributed by atoms with Gasteiger partial charge in [0, 0.05) is 17.0 Å². The summed E-state index contributed by atoms with van der Waals surface area (Å²) in [6.45, 7) is 2.06. The Morgan fingerprint density at radius 2 is 2.39 bits per heavy atom. The number of aromatic nitrogens is 1. The second-order valence-corrected chi connectivity index (χ2v) is 6.03. The largest absolute Gasteiger partial charge is 0.507 e. The zero-order valence-corrected chi connectivity index (χ0v) is 14.4. The van der Waals surface area contributed by atoms with E-state index in [1.807, 2.05) is 0 Å². The maximum absolute atomic E-state index is 13.6. The molecule has 23 heavy (non-hydrogen) atoms. The summed E-state index contributed by atoms with van der Waals surface area (Å²) in [6.07, 6.45) is 1.36. The van der Waals surface area contributed by atoms with E-state index in [2.05, 4.69) is 31.4 Å². The molecule has 9 heteroatoms. The number of carbonyl (C=O) groups excluding carboxylic acids is 1. The topological polar surface area (TPSA) is 83.8 Å². The molecule has 0 amide bonds. The molecular formula is C14H13BrFN3O3S. The van der Waals surface area contributed by atoms with Gasteiger partial charge in [0.2, 0.25) is 5.13 Å². The Labute approximate surface area is 144 Å². The van der Waals surface area contributed by atoms with Crippen molar-refractivity contribution < 1.29 is 19.0 Å². The number of anilines is 1. The summed E-state index contributed by atoms with van der Waals surface area (Å²) in [6, 6.07) is 2.40. The molecule has 0 bridgehead atoms. The van der Waals surface area contributed by atoms with E-state index in [4.69, 9.17) is 4.74 Å². The fourth-order valence-electron chi connectivity index (χ4n) is 1.61. The first-order valence-corrected chi connectivity index (χ1v) is 8.24. The molecule has 0 fully saturated rings. The summed E-state index contributed by atoms with van der Waals surface area (Å²) in [5.74, 6) is -1.13. The number of aromatic hydroxyl groups is 1. The van der Waals surface area contributed by atoms with Gasteiger partial charge in [-0.2, -0.15) is 5.10 Å². The molecule has 2 rings (SSSR count). The summed E-state index contributed by atoms with van der Waals surface area (Å²) >= 11 is 4.37. The molecule has 0 spiro atoms. The van der Waals surface area contributed by atoms with Crippen molar-refractivity contribution in [3.63, 3.8) is 0 Å². The van der Waals surface area contributed by atoms with Crippen molar-refractivity contribution in [1.29, 1.82) is 0 Å². The number of hydrazone groups is 1. The van der Waals surface area contributed by atoms with Crippen LogP contribution in [0.1, 0.15) is 18.2 Å². The Morgan fingerprint density at radius 3 is 3.13 bits per heavy atom. The molecule has 0 aliphatic heterocycles. The highest BCUT2D eigenvalue weighted by molar-refractivity contribution is 9.10. The van der Waals surface area contributed by atoms with Gasteiger partial charge in [-0.15, -0.1) is 11.3 Å². The van der Waals surface area contributed by atoms with Crippen LogP contribution in [-0.2, 0) is 16.0 Å². The van der Waals surface area contributed by atoms with E-state index in [0.29, 0.717) is 21.9 Å². The molecule has 0 aliphatic carbocycles. The lowest BCUT2D eigenvalue weighted by molar-refractivity contribution is -0.142. The summed E-state index contributed by atoms with van der Waals surface area (Å²) < 4.78 is 18.8. The van der Waals surface area contributed by atoms with Crippen molar-refractivity contribution >= 4 is 44.6 Å². The third kappa shape index (κ3) is 5.00. The molecule has 0 aliphatic rings. The van der Waals surface area contributed by atoms with Gasteiger partial charge in [0.15, 0.2) is 0 Å². The van der Waals surface area contributed by atoms with Crippen molar-refractivity contribution in [3.05, 3.63) is 39.1 Å². The van der Waals surface area contributed by atoms with Gasteiger partial charge in [0.05, 0.1) is 29.4 Å². The maximum atomic E-state index is 13.6. The number of nitrogens with zero attached hydrogens (tertiary/aromatic N) is 2. The van der Waals surface area contributed by atoms with Crippen LogP contribution in [0, 0.1) is 5.82 Å². The van der Waals surface area contributed by atoms with Crippen LogP contribution in [-0.4, -0.2) is 28.9 Å². The van der Waals surface area contributed by atoms with Crippen molar-refractivity contribution in [2.24, 2.45) is 5.10 Å². The van der Waals surface area contributed by atoms with Crippen molar-refractivity contribution in [1.82, 2.24) is 4.98 Å². The number of phenols is 1. The first-order chi connectivity index (χ1) is 11.0. The molecule has 1 heterocycles. The predicted molar refractivity (Wildman–Crippen MR) is 89.4 cm³/mol. The molecule has 1 aromatic heterocycles. The Hall–Kier alpha value is -2.00. The second-order valence-electron chi connectivity index (χ2n) is 4.32. The van der Waals surface area contributed by atoms with Crippen LogP contribution in [0.15, 0.2) is 27.1 Å². The molecule has 0 atom stereocenters. The second kappa shape index (κ2) is 8.02. The normalized spacial score (nSPS) is 10.9. The zero-order chi connectivity index (χ0) is 16.8. The monoisotopic (exact) mass is 401 g/mol. The van der Waals surface area contributed by atoms with Crippen LogP contribution in [0.2, 0.25) is 0 Å². The minimum absolute atomic E-state index is 0.0925. The van der Waals surface area contributed by atoms with E-state index in [-0.39, 0.29) is 23.7 Å². The van der Waals surface area contributed by atoms with E-state index in [1.165, 1.54) is 23.6 Å². The van der Waals surface area contributed by atoms with E-state index in [0.717, 1.165) is 6.07 Å². The number of phenolic OH excluding ortho intramolecular Hbond substituents is 1. The first kappa shape index (κ1) is 17.4. The summed E-state index contributed by atoms with van der Waals surface area (Å²) in [5, 5.41) is 15.4. The molecule has 0 saturated carbocycles. The van der Waals surface area contributed by atoms with Crippen LogP contribution in [0.25, 0.3) is 0 Å². The number of hydrogen-bond donors (Lipinski definition) is 2. The summed E-state index contributed by atoms with van der Waals surface area (Å²) in [7, 11) is 0. The minimum Gasteiger partial charge on any atom is -0.507 e. The minimum atomic E-state index is -0.599. The molecule has 0 radical (unpaired) electrons. The lowest BCUT2D eigenvalue weighted by atomic mass is 10.2. The van der Waals surface area contributed by atoms with E-state index in [9.17, 15) is 14.3 Å². The number of benzene rings is 1. The Kier molecular flexibility index (Phi) is 6.05. The van der Waals surface area contributed by atoms with Gasteiger partial charge >= 0.3 is 5.97 Å². The third-order valence-electron chi connectivity index (χ3n) is 2.61. The average Bonchev–Trinajstić information content (AvgIpc) is 2.92. The smallest absolute Gasteiger partial charge is 0.311 e. The molecule has 0 unspecified atom stereocenters. The van der Waals surface area contributed by atoms with E-state index >= 15 is 0 Å². The highest BCUT2D eigenvalue weighted by atomic mass is 79.9. The van der Waals surface area contributed by atoms with Gasteiger partial charge in [0.25, 0.3) is 0 Å². The number of nitrogens with one attached hydrogen (secondary N) is 1. The summed E-state index contributed by atoms with van der Waals surface area (Å²) in [5.41, 5.74) is 3.43. The Balaban J connectivity index is 1.97. The predicted octanol–water partition coefficient (Wildman–Crippen LogP) is 3.30. The van der Waals surface area contributed by atoms with Crippen LogP contribution in [0.5, 0.6) is 5.75 Å². The van der Waals surface area contributed by atoms with E-state index < -0.39 is 5.82 Å². The standard InChI is InChI=1S/C14H13BrFN3O3S/c1-2-22-13(21)4-9-7-23-14(18-9)19-17-6-8-3-10(15)12(20)5-11(8)16/h3,5-7,20H,2,4H2,1H3,(H,18,19).